The van der Waals surface area contributed by atoms with Crippen LogP contribution in [0.1, 0.15) is 30.0 Å². The molecule has 0 radical (unpaired) electrons. The number of piperidine rings is 1. The molecule has 0 spiro atoms. The number of aromatic amines is 1. The van der Waals surface area contributed by atoms with Gasteiger partial charge in [0, 0.05) is 22.2 Å². The Morgan fingerprint density at radius 2 is 1.84 bits per heavy atom. The summed E-state index contributed by atoms with van der Waals surface area (Å²) < 4.78 is 0. The molecule has 1 aromatic heterocycles. The highest BCUT2D eigenvalue weighted by atomic mass is 35.5. The number of benzene rings is 1. The Morgan fingerprint density at radius 3 is 2.53 bits per heavy atom. The first-order valence-corrected chi connectivity index (χ1v) is 7.15. The van der Waals surface area contributed by atoms with Crippen LogP contribution in [0.4, 0.5) is 0 Å². The van der Waals surface area contributed by atoms with E-state index in [4.69, 9.17) is 11.6 Å². The van der Waals surface area contributed by atoms with Gasteiger partial charge in [-0.15, -0.1) is 0 Å². The smallest absolute Gasteiger partial charge is 0.0952 e. The summed E-state index contributed by atoms with van der Waals surface area (Å²) >= 11 is 5.93. The van der Waals surface area contributed by atoms with Crippen molar-refractivity contribution in [3.05, 3.63) is 40.5 Å². The summed E-state index contributed by atoms with van der Waals surface area (Å²) in [6, 6.07) is 7.87. The van der Waals surface area contributed by atoms with Gasteiger partial charge in [-0.1, -0.05) is 23.7 Å². The van der Waals surface area contributed by atoms with Crippen molar-refractivity contribution in [1.29, 1.82) is 0 Å². The van der Waals surface area contributed by atoms with Crippen molar-refractivity contribution in [2.75, 3.05) is 13.1 Å². The summed E-state index contributed by atoms with van der Waals surface area (Å²) in [5, 5.41) is 11.9. The average Bonchev–Trinajstić information content (AvgIpc) is 2.83. The maximum Gasteiger partial charge on any atom is 0.0952 e. The van der Waals surface area contributed by atoms with E-state index < -0.39 is 0 Å². The van der Waals surface area contributed by atoms with E-state index in [2.05, 4.69) is 22.4 Å². The molecule has 4 heteroatoms. The molecule has 1 saturated heterocycles. The minimum Gasteiger partial charge on any atom is -0.317 e. The second-order valence-corrected chi connectivity index (χ2v) is 5.58. The van der Waals surface area contributed by atoms with Gasteiger partial charge in [0.1, 0.15) is 0 Å². The minimum atomic E-state index is 0.606. The fourth-order valence-corrected chi connectivity index (χ4v) is 2.93. The summed E-state index contributed by atoms with van der Waals surface area (Å²) in [6.45, 7) is 4.35. The molecule has 0 bridgehead atoms. The van der Waals surface area contributed by atoms with Crippen molar-refractivity contribution in [2.45, 2.75) is 25.7 Å². The Bertz CT molecular complexity index is 553. The molecule has 2 N–H and O–H groups in total. The fraction of sp³-hybridized carbons (Fsp3) is 0.400. The molecule has 0 unspecified atom stereocenters. The third kappa shape index (κ3) is 2.53. The molecule has 3 nitrogen and oxygen atoms in total. The van der Waals surface area contributed by atoms with Crippen LogP contribution in [0.2, 0.25) is 5.02 Å². The predicted octanol–water partition coefficient (Wildman–Crippen LogP) is 3.51. The van der Waals surface area contributed by atoms with Crippen LogP contribution in [0.25, 0.3) is 11.3 Å². The monoisotopic (exact) mass is 275 g/mol. The second-order valence-electron chi connectivity index (χ2n) is 5.14. The number of hydrogen-bond acceptors (Lipinski definition) is 2. The van der Waals surface area contributed by atoms with Crippen molar-refractivity contribution in [1.82, 2.24) is 15.5 Å². The second kappa shape index (κ2) is 5.35. The zero-order valence-electron chi connectivity index (χ0n) is 11.0. The zero-order chi connectivity index (χ0) is 13.2. The Balaban J connectivity index is 1.91. The van der Waals surface area contributed by atoms with E-state index in [0.717, 1.165) is 29.4 Å². The van der Waals surface area contributed by atoms with Crippen LogP contribution in [-0.4, -0.2) is 23.3 Å². The van der Waals surface area contributed by atoms with E-state index in [9.17, 15) is 0 Å². The molecule has 1 aliphatic rings. The SMILES string of the molecule is Cc1c(-c2ccc(Cl)cc2)n[nH]c1C1CCNCC1. The van der Waals surface area contributed by atoms with Crippen molar-refractivity contribution in [3.63, 3.8) is 0 Å². The Kier molecular flexibility index (Phi) is 3.58. The third-order valence-corrected chi connectivity index (χ3v) is 4.16. The van der Waals surface area contributed by atoms with Gasteiger partial charge in [0.05, 0.1) is 5.69 Å². The Labute approximate surface area is 118 Å². The van der Waals surface area contributed by atoms with Crippen LogP contribution < -0.4 is 5.32 Å². The highest BCUT2D eigenvalue weighted by Gasteiger charge is 2.21. The van der Waals surface area contributed by atoms with Gasteiger partial charge in [0.25, 0.3) is 0 Å². The minimum absolute atomic E-state index is 0.606. The molecule has 3 rings (SSSR count). The zero-order valence-corrected chi connectivity index (χ0v) is 11.8. The van der Waals surface area contributed by atoms with Gasteiger partial charge in [-0.25, -0.2) is 0 Å². The standard InChI is InChI=1S/C15H18ClN3/c1-10-14(11-2-4-13(16)5-3-11)18-19-15(10)12-6-8-17-9-7-12/h2-5,12,17H,6-9H2,1H3,(H,18,19). The molecule has 2 aromatic rings. The first kappa shape index (κ1) is 12.7. The van der Waals surface area contributed by atoms with Gasteiger partial charge in [-0.05, 0) is 50.6 Å². The van der Waals surface area contributed by atoms with E-state index in [-0.39, 0.29) is 0 Å². The first-order chi connectivity index (χ1) is 9.25. The maximum atomic E-state index is 5.93. The quantitative estimate of drug-likeness (QED) is 0.881. The lowest BCUT2D eigenvalue weighted by Crippen LogP contribution is -2.27. The Hall–Kier alpha value is -1.32. The van der Waals surface area contributed by atoms with Gasteiger partial charge in [-0.3, -0.25) is 5.10 Å². The van der Waals surface area contributed by atoms with Crippen molar-refractivity contribution in [2.24, 2.45) is 0 Å². The van der Waals surface area contributed by atoms with E-state index in [0.29, 0.717) is 5.92 Å². The van der Waals surface area contributed by atoms with Crippen LogP contribution in [0, 0.1) is 6.92 Å². The molecule has 0 atom stereocenters. The van der Waals surface area contributed by atoms with Gasteiger partial charge in [0.2, 0.25) is 0 Å². The van der Waals surface area contributed by atoms with Gasteiger partial charge < -0.3 is 5.32 Å². The number of aromatic nitrogens is 2. The summed E-state index contributed by atoms with van der Waals surface area (Å²) in [4.78, 5) is 0. The van der Waals surface area contributed by atoms with Crippen LogP contribution in [0.5, 0.6) is 0 Å². The number of halogens is 1. The topological polar surface area (TPSA) is 40.7 Å². The molecule has 100 valence electrons. The van der Waals surface area contributed by atoms with E-state index in [1.807, 2.05) is 24.3 Å². The summed E-state index contributed by atoms with van der Waals surface area (Å²) in [7, 11) is 0. The number of nitrogens with zero attached hydrogens (tertiary/aromatic N) is 1. The Morgan fingerprint density at radius 1 is 1.16 bits per heavy atom. The predicted molar refractivity (Wildman–Crippen MR) is 78.6 cm³/mol. The maximum absolute atomic E-state index is 5.93. The lowest BCUT2D eigenvalue weighted by Gasteiger charge is -2.22. The highest BCUT2D eigenvalue weighted by Crippen LogP contribution is 2.31. The van der Waals surface area contributed by atoms with Crippen LogP contribution >= 0.6 is 11.6 Å². The fourth-order valence-electron chi connectivity index (χ4n) is 2.81. The average molecular weight is 276 g/mol. The molecule has 0 saturated carbocycles. The summed E-state index contributed by atoms with van der Waals surface area (Å²) in [5.74, 6) is 0.606. The van der Waals surface area contributed by atoms with E-state index in [1.165, 1.54) is 24.1 Å². The van der Waals surface area contributed by atoms with Crippen LogP contribution in [0.15, 0.2) is 24.3 Å². The van der Waals surface area contributed by atoms with Crippen molar-refractivity contribution in [3.8, 4) is 11.3 Å². The van der Waals surface area contributed by atoms with Gasteiger partial charge in [0.15, 0.2) is 0 Å². The number of rotatable bonds is 2. The molecule has 1 aromatic carbocycles. The van der Waals surface area contributed by atoms with Crippen LogP contribution in [-0.2, 0) is 0 Å². The third-order valence-electron chi connectivity index (χ3n) is 3.91. The molecular formula is C15H18ClN3. The molecule has 1 aliphatic heterocycles. The van der Waals surface area contributed by atoms with Crippen molar-refractivity contribution >= 4 is 11.6 Å². The molecule has 2 heterocycles. The number of H-pyrrole nitrogens is 1. The normalized spacial score (nSPS) is 16.7. The largest absolute Gasteiger partial charge is 0.317 e. The number of hydrogen-bond donors (Lipinski definition) is 2. The van der Waals surface area contributed by atoms with Gasteiger partial charge >= 0.3 is 0 Å². The van der Waals surface area contributed by atoms with E-state index >= 15 is 0 Å². The first-order valence-electron chi connectivity index (χ1n) is 6.77. The van der Waals surface area contributed by atoms with Crippen molar-refractivity contribution < 1.29 is 0 Å². The molecular weight excluding hydrogens is 258 g/mol. The lowest BCUT2D eigenvalue weighted by molar-refractivity contribution is 0.451. The lowest BCUT2D eigenvalue weighted by atomic mass is 9.91. The number of nitrogens with one attached hydrogen (secondary N) is 2. The van der Waals surface area contributed by atoms with Gasteiger partial charge in [-0.2, -0.15) is 5.10 Å². The van der Waals surface area contributed by atoms with E-state index in [1.54, 1.807) is 0 Å². The van der Waals surface area contributed by atoms with Crippen LogP contribution in [0.3, 0.4) is 0 Å². The summed E-state index contributed by atoms with van der Waals surface area (Å²) in [6.07, 6.45) is 2.37. The molecule has 1 fully saturated rings. The summed E-state index contributed by atoms with van der Waals surface area (Å²) in [5.41, 5.74) is 4.74. The highest BCUT2D eigenvalue weighted by molar-refractivity contribution is 6.30. The molecule has 0 amide bonds. The molecule has 0 aliphatic carbocycles. The molecule has 19 heavy (non-hydrogen) atoms.